The van der Waals surface area contributed by atoms with Gasteiger partial charge in [-0.15, -0.1) is 0 Å². The van der Waals surface area contributed by atoms with Crippen LogP contribution in [0.25, 0.3) is 11.3 Å². The summed E-state index contributed by atoms with van der Waals surface area (Å²) >= 11 is 0. The van der Waals surface area contributed by atoms with Crippen molar-refractivity contribution in [3.8, 4) is 11.3 Å². The van der Waals surface area contributed by atoms with Crippen molar-refractivity contribution >= 4 is 17.4 Å². The van der Waals surface area contributed by atoms with Gasteiger partial charge in [-0.3, -0.25) is 14.8 Å². The zero-order valence-corrected chi connectivity index (χ0v) is 21.8. The van der Waals surface area contributed by atoms with Gasteiger partial charge in [-0.25, -0.2) is 4.98 Å². The van der Waals surface area contributed by atoms with Gasteiger partial charge in [-0.1, -0.05) is 53.7 Å². The Morgan fingerprint density at radius 1 is 1.03 bits per heavy atom. The normalized spacial score (nSPS) is 16.7. The molecule has 2 aromatic heterocycles. The smallest absolute Gasteiger partial charge is 0.274 e. The van der Waals surface area contributed by atoms with Crippen molar-refractivity contribution in [3.63, 3.8) is 0 Å². The lowest BCUT2D eigenvalue weighted by Gasteiger charge is -2.40. The number of carbonyl (C=O) groups excluding carboxylic acids is 1. The van der Waals surface area contributed by atoms with E-state index in [1.807, 2.05) is 36.5 Å². The Bertz CT molecular complexity index is 1170. The van der Waals surface area contributed by atoms with Crippen LogP contribution in [0.4, 0.5) is 11.5 Å². The molecular weight excluding hydrogens is 434 g/mol. The van der Waals surface area contributed by atoms with E-state index in [1.54, 1.807) is 18.5 Å². The monoisotopic (exact) mass is 471 g/mol. The van der Waals surface area contributed by atoms with Gasteiger partial charge in [-0.05, 0) is 59.4 Å². The second-order valence-corrected chi connectivity index (χ2v) is 11.6. The van der Waals surface area contributed by atoms with Gasteiger partial charge >= 0.3 is 0 Å². The summed E-state index contributed by atoms with van der Waals surface area (Å²) in [4.78, 5) is 28.9. The molecule has 0 bridgehead atoms. The van der Waals surface area contributed by atoms with Gasteiger partial charge in [0.2, 0.25) is 0 Å². The van der Waals surface area contributed by atoms with Gasteiger partial charge in [0.25, 0.3) is 5.91 Å². The van der Waals surface area contributed by atoms with Crippen molar-refractivity contribution < 1.29 is 4.79 Å². The lowest BCUT2D eigenvalue weighted by atomic mass is 9.76. The number of pyridine rings is 1. The van der Waals surface area contributed by atoms with Crippen LogP contribution < -0.4 is 10.2 Å². The molecule has 3 heterocycles. The van der Waals surface area contributed by atoms with E-state index >= 15 is 0 Å². The largest absolute Gasteiger partial charge is 0.355 e. The van der Waals surface area contributed by atoms with Crippen LogP contribution >= 0.6 is 0 Å². The molecule has 0 saturated carbocycles. The molecule has 3 aromatic rings. The summed E-state index contributed by atoms with van der Waals surface area (Å²) < 4.78 is 0. The number of aromatic nitrogens is 3. The van der Waals surface area contributed by atoms with Crippen LogP contribution in [0.5, 0.6) is 0 Å². The molecule has 1 unspecified atom stereocenters. The number of nitrogens with one attached hydrogen (secondary N) is 1. The Kier molecular flexibility index (Phi) is 6.93. The summed E-state index contributed by atoms with van der Waals surface area (Å²) in [6, 6.07) is 11.6. The van der Waals surface area contributed by atoms with Crippen LogP contribution in [0.1, 0.15) is 70.4 Å². The first-order chi connectivity index (χ1) is 16.5. The minimum Gasteiger partial charge on any atom is -0.355 e. The molecule has 1 amide bonds. The summed E-state index contributed by atoms with van der Waals surface area (Å²) in [5, 5.41) is 2.95. The summed E-state index contributed by atoms with van der Waals surface area (Å²) in [6.07, 6.45) is 7.64. The topological polar surface area (TPSA) is 71.0 Å². The molecule has 1 saturated heterocycles. The van der Waals surface area contributed by atoms with E-state index in [4.69, 9.17) is 4.98 Å². The van der Waals surface area contributed by atoms with Crippen molar-refractivity contribution in [2.45, 2.75) is 59.8 Å². The minimum absolute atomic E-state index is 0.0653. The molecule has 1 N–H and O–H groups in total. The Labute approximate surface area is 209 Å². The highest BCUT2D eigenvalue weighted by Gasteiger charge is 2.30. The number of amides is 1. The first-order valence-corrected chi connectivity index (χ1v) is 12.5. The summed E-state index contributed by atoms with van der Waals surface area (Å²) in [7, 11) is 0. The van der Waals surface area contributed by atoms with Crippen LogP contribution in [0.2, 0.25) is 0 Å². The van der Waals surface area contributed by atoms with E-state index in [9.17, 15) is 4.79 Å². The summed E-state index contributed by atoms with van der Waals surface area (Å²) in [6.45, 7) is 15.4. The van der Waals surface area contributed by atoms with Gasteiger partial charge in [0.05, 0.1) is 18.1 Å². The third-order valence-electron chi connectivity index (χ3n) is 6.89. The van der Waals surface area contributed by atoms with Crippen LogP contribution in [-0.2, 0) is 5.41 Å². The number of hydrogen-bond donors (Lipinski definition) is 1. The van der Waals surface area contributed by atoms with Crippen LogP contribution in [0.3, 0.4) is 0 Å². The van der Waals surface area contributed by atoms with Crippen LogP contribution in [0.15, 0.2) is 55.0 Å². The maximum absolute atomic E-state index is 12.9. The van der Waals surface area contributed by atoms with E-state index in [1.165, 1.54) is 12.0 Å². The summed E-state index contributed by atoms with van der Waals surface area (Å²) in [5.41, 5.74) is 4.21. The van der Waals surface area contributed by atoms with Crippen molar-refractivity contribution in [1.82, 2.24) is 15.0 Å². The zero-order chi connectivity index (χ0) is 25.2. The number of nitrogens with zero attached hydrogens (tertiary/aromatic N) is 4. The third-order valence-corrected chi connectivity index (χ3v) is 6.89. The minimum atomic E-state index is -0.247. The number of benzene rings is 1. The molecule has 0 radical (unpaired) electrons. The molecule has 1 aliphatic heterocycles. The quantitative estimate of drug-likeness (QED) is 0.480. The Morgan fingerprint density at radius 2 is 1.77 bits per heavy atom. The van der Waals surface area contributed by atoms with Crippen molar-refractivity contribution in [3.05, 3.63) is 66.2 Å². The number of anilines is 2. The van der Waals surface area contributed by atoms with Gasteiger partial charge in [0.1, 0.15) is 11.5 Å². The number of rotatable bonds is 4. The molecule has 1 aliphatic rings. The van der Waals surface area contributed by atoms with Crippen LogP contribution in [-0.4, -0.2) is 33.9 Å². The highest BCUT2D eigenvalue weighted by Crippen LogP contribution is 2.34. The van der Waals surface area contributed by atoms with Gasteiger partial charge in [-0.2, -0.15) is 0 Å². The van der Waals surface area contributed by atoms with Gasteiger partial charge in [0.15, 0.2) is 0 Å². The van der Waals surface area contributed by atoms with E-state index in [-0.39, 0.29) is 16.7 Å². The van der Waals surface area contributed by atoms with Crippen molar-refractivity contribution in [2.75, 3.05) is 23.3 Å². The molecule has 35 heavy (non-hydrogen) atoms. The molecule has 1 atom stereocenters. The Hall–Kier alpha value is -3.28. The SMILES string of the molecule is CC(C)(C)c1ccc(NC(=O)c2cc(-c3cncc(N4CCCC(C(C)(C)C)C4)n3)ccn2)cc1. The standard InChI is InChI=1S/C29H37N5O/c1-28(2,3)21-9-11-23(12-10-21)32-27(35)24-16-20(13-14-31-24)25-17-30-18-26(33-25)34-15-7-8-22(19-34)29(4,5)6/h9-14,16-18,22H,7-8,15,19H2,1-6H3,(H,32,35). The molecule has 6 nitrogen and oxygen atoms in total. The molecule has 0 aliphatic carbocycles. The zero-order valence-electron chi connectivity index (χ0n) is 21.8. The number of hydrogen-bond acceptors (Lipinski definition) is 5. The fourth-order valence-corrected chi connectivity index (χ4v) is 4.50. The van der Waals surface area contributed by atoms with Crippen molar-refractivity contribution in [2.24, 2.45) is 11.3 Å². The predicted octanol–water partition coefficient (Wildman–Crippen LogP) is 6.35. The van der Waals surface area contributed by atoms with Gasteiger partial charge < -0.3 is 10.2 Å². The molecule has 1 aromatic carbocycles. The first-order valence-electron chi connectivity index (χ1n) is 12.5. The fraction of sp³-hybridized carbons (Fsp3) is 0.448. The van der Waals surface area contributed by atoms with E-state index < -0.39 is 0 Å². The van der Waals surface area contributed by atoms with E-state index in [0.717, 1.165) is 42.3 Å². The second kappa shape index (κ2) is 9.76. The maximum atomic E-state index is 12.9. The Balaban J connectivity index is 1.50. The second-order valence-electron chi connectivity index (χ2n) is 11.6. The third kappa shape index (κ3) is 6.05. The predicted molar refractivity (Wildman–Crippen MR) is 143 cm³/mol. The van der Waals surface area contributed by atoms with Crippen LogP contribution in [0, 0.1) is 11.3 Å². The summed E-state index contributed by atoms with van der Waals surface area (Å²) in [5.74, 6) is 1.26. The molecule has 6 heteroatoms. The fourth-order valence-electron chi connectivity index (χ4n) is 4.50. The molecule has 4 rings (SSSR count). The number of carbonyl (C=O) groups is 1. The lowest BCUT2D eigenvalue weighted by Crippen LogP contribution is -2.41. The average Bonchev–Trinajstić information content (AvgIpc) is 2.83. The van der Waals surface area contributed by atoms with E-state index in [2.05, 4.69) is 61.7 Å². The molecule has 184 valence electrons. The van der Waals surface area contributed by atoms with Gasteiger partial charge in [0, 0.05) is 30.5 Å². The molecular formula is C29H37N5O. The molecule has 1 fully saturated rings. The maximum Gasteiger partial charge on any atom is 0.274 e. The first kappa shape index (κ1) is 24.8. The molecule has 0 spiro atoms. The Morgan fingerprint density at radius 3 is 2.46 bits per heavy atom. The van der Waals surface area contributed by atoms with E-state index in [0.29, 0.717) is 11.6 Å². The van der Waals surface area contributed by atoms with Crippen molar-refractivity contribution in [1.29, 1.82) is 0 Å². The lowest BCUT2D eigenvalue weighted by molar-refractivity contribution is 0.102. The highest BCUT2D eigenvalue weighted by atomic mass is 16.1. The average molecular weight is 472 g/mol. The highest BCUT2D eigenvalue weighted by molar-refractivity contribution is 6.03. The number of piperidine rings is 1.